The van der Waals surface area contributed by atoms with E-state index >= 15 is 0 Å². The largest absolute Gasteiger partial charge is 0.456 e. The first-order chi connectivity index (χ1) is 20.5. The van der Waals surface area contributed by atoms with E-state index in [9.17, 15) is 35.4 Å². The van der Waals surface area contributed by atoms with E-state index in [0.717, 1.165) is 19.3 Å². The summed E-state index contributed by atoms with van der Waals surface area (Å²) in [5, 5.41) is 63.5. The molecule has 0 amide bonds. The van der Waals surface area contributed by atoms with Crippen molar-refractivity contribution in [3.63, 3.8) is 0 Å². The van der Waals surface area contributed by atoms with Crippen LogP contribution in [0.4, 0.5) is 0 Å². The predicted molar refractivity (Wildman–Crippen MR) is 156 cm³/mol. The van der Waals surface area contributed by atoms with Crippen LogP contribution in [0.2, 0.25) is 0 Å². The molecule has 0 bridgehead atoms. The van der Waals surface area contributed by atoms with Crippen molar-refractivity contribution < 1.29 is 54.4 Å². The minimum absolute atomic E-state index is 0.0210. The van der Waals surface area contributed by atoms with Gasteiger partial charge in [0, 0.05) is 31.1 Å². The minimum atomic E-state index is -1.59. The lowest BCUT2D eigenvalue weighted by Crippen LogP contribution is -2.61. The van der Waals surface area contributed by atoms with Gasteiger partial charge in [0.15, 0.2) is 6.29 Å². The lowest BCUT2D eigenvalue weighted by molar-refractivity contribution is -0.320. The Morgan fingerprint density at radius 2 is 1.80 bits per heavy atom. The highest BCUT2D eigenvalue weighted by molar-refractivity contribution is 5.73. The summed E-state index contributed by atoms with van der Waals surface area (Å²) in [4.78, 5) is 12.2. The lowest BCUT2D eigenvalue weighted by atomic mass is 9.53. The monoisotopic (exact) mass is 624 g/mol. The van der Waals surface area contributed by atoms with Gasteiger partial charge in [-0.1, -0.05) is 32.4 Å². The van der Waals surface area contributed by atoms with Crippen molar-refractivity contribution in [3.05, 3.63) is 11.6 Å². The van der Waals surface area contributed by atoms with Crippen LogP contribution in [-0.2, 0) is 23.7 Å². The highest BCUT2D eigenvalue weighted by Gasteiger charge is 2.72. The fraction of sp³-hybridized carbons (Fsp3) is 0.909. The number of epoxide rings is 1. The first-order valence-electron chi connectivity index (χ1n) is 16.4. The van der Waals surface area contributed by atoms with Gasteiger partial charge in [0.1, 0.15) is 36.1 Å². The van der Waals surface area contributed by atoms with Gasteiger partial charge in [-0.05, 0) is 63.2 Å². The van der Waals surface area contributed by atoms with Crippen LogP contribution in [-0.4, -0.2) is 109 Å². The first-order valence-corrected chi connectivity index (χ1v) is 16.4. The van der Waals surface area contributed by atoms with Crippen molar-refractivity contribution in [2.75, 3.05) is 6.61 Å². The van der Waals surface area contributed by atoms with Gasteiger partial charge in [0.05, 0.1) is 30.0 Å². The molecule has 16 unspecified atom stereocenters. The Balaban J connectivity index is 1.27. The van der Waals surface area contributed by atoms with Crippen LogP contribution in [0.1, 0.15) is 80.1 Å². The Hall–Kier alpha value is -1.15. The standard InChI is InChI=1S/C33H52O11/c1-15(20(13-32(6,40)30(3,4)39)41-29-26(38)25(37)24(36)21(14-34)42-29)18-7-8-19-23-17(9-11-31(18,19)5)16(2)33(28-27(23)43-28)12-10-22(35)44-33/h9,15-16,18-21,23-29,34,36-40H,7-8,10-14H2,1-6H3. The number of fused-ring (bicyclic) bond motifs is 6. The molecular weight excluding hydrogens is 572 g/mol. The van der Waals surface area contributed by atoms with Crippen molar-refractivity contribution in [1.29, 1.82) is 0 Å². The molecular formula is C33H52O11. The molecule has 0 aromatic heterocycles. The van der Waals surface area contributed by atoms with E-state index in [0.29, 0.717) is 18.8 Å². The van der Waals surface area contributed by atoms with Crippen LogP contribution in [0.5, 0.6) is 0 Å². The molecule has 250 valence electrons. The fourth-order valence-corrected chi connectivity index (χ4v) is 9.69. The first kappa shape index (κ1) is 32.8. The third-order valence-electron chi connectivity index (χ3n) is 13.0. The summed E-state index contributed by atoms with van der Waals surface area (Å²) < 4.78 is 24.4. The van der Waals surface area contributed by atoms with Gasteiger partial charge in [-0.2, -0.15) is 0 Å². The molecule has 44 heavy (non-hydrogen) atoms. The number of esters is 1. The molecule has 3 aliphatic carbocycles. The fourth-order valence-electron chi connectivity index (χ4n) is 9.69. The second-order valence-corrected chi connectivity index (χ2v) is 15.7. The molecule has 0 aromatic carbocycles. The maximum atomic E-state index is 12.2. The third-order valence-corrected chi connectivity index (χ3v) is 13.0. The lowest BCUT2D eigenvalue weighted by Gasteiger charge is -2.52. The topological polar surface area (TPSA) is 179 Å². The van der Waals surface area contributed by atoms with E-state index in [4.69, 9.17) is 18.9 Å². The zero-order valence-electron chi connectivity index (χ0n) is 26.8. The van der Waals surface area contributed by atoms with E-state index in [1.807, 2.05) is 0 Å². The van der Waals surface area contributed by atoms with Gasteiger partial charge < -0.3 is 49.6 Å². The Labute approximate surface area is 259 Å². The van der Waals surface area contributed by atoms with E-state index in [-0.39, 0.29) is 53.7 Å². The van der Waals surface area contributed by atoms with Gasteiger partial charge in [-0.3, -0.25) is 4.79 Å². The second-order valence-electron chi connectivity index (χ2n) is 15.7. The summed E-state index contributed by atoms with van der Waals surface area (Å²) in [7, 11) is 0. The number of aliphatic hydroxyl groups is 6. The van der Waals surface area contributed by atoms with Crippen molar-refractivity contribution in [2.24, 2.45) is 35.0 Å². The average molecular weight is 625 g/mol. The zero-order chi connectivity index (χ0) is 32.1. The summed E-state index contributed by atoms with van der Waals surface area (Å²) in [5.74, 6) is 0.497. The highest BCUT2D eigenvalue weighted by Crippen LogP contribution is 2.68. The molecule has 6 rings (SSSR count). The Kier molecular flexibility index (Phi) is 8.16. The summed E-state index contributed by atoms with van der Waals surface area (Å²) >= 11 is 0. The average Bonchev–Trinajstić information content (AvgIpc) is 3.55. The van der Waals surface area contributed by atoms with E-state index in [1.54, 1.807) is 6.92 Å². The van der Waals surface area contributed by atoms with Crippen LogP contribution < -0.4 is 0 Å². The molecule has 3 aliphatic heterocycles. The van der Waals surface area contributed by atoms with E-state index in [1.165, 1.54) is 19.4 Å². The number of hydrogen-bond donors (Lipinski definition) is 6. The maximum Gasteiger partial charge on any atom is 0.306 e. The molecule has 0 aromatic rings. The van der Waals surface area contributed by atoms with E-state index in [2.05, 4.69) is 26.8 Å². The molecule has 11 heteroatoms. The minimum Gasteiger partial charge on any atom is -0.456 e. The van der Waals surface area contributed by atoms with Crippen molar-refractivity contribution in [1.82, 2.24) is 0 Å². The number of carbonyl (C=O) groups is 1. The van der Waals surface area contributed by atoms with Gasteiger partial charge in [-0.25, -0.2) is 0 Å². The Morgan fingerprint density at radius 1 is 1.09 bits per heavy atom. The molecule has 2 saturated carbocycles. The molecule has 6 N–H and O–H groups in total. The SMILES string of the molecule is CC(C(CC(C)(O)C(C)(C)O)OC1OC(CO)C(O)C(O)C1O)C1CCC2C3C(=CCC12C)C(C)C1(CCC(=O)O1)C1OC31. The quantitative estimate of drug-likeness (QED) is 0.130. The van der Waals surface area contributed by atoms with Crippen molar-refractivity contribution in [2.45, 2.75) is 146 Å². The van der Waals surface area contributed by atoms with Crippen LogP contribution in [0.15, 0.2) is 11.6 Å². The number of aliphatic hydroxyl groups excluding tert-OH is 4. The normalized spacial score (nSPS) is 49.3. The molecule has 3 heterocycles. The predicted octanol–water partition coefficient (Wildman–Crippen LogP) is 1.19. The second kappa shape index (κ2) is 11.0. The van der Waals surface area contributed by atoms with Crippen molar-refractivity contribution in [3.8, 4) is 0 Å². The van der Waals surface area contributed by atoms with Gasteiger partial charge in [0.2, 0.25) is 0 Å². The molecule has 3 saturated heterocycles. The summed E-state index contributed by atoms with van der Waals surface area (Å²) in [6.45, 7) is 10.6. The van der Waals surface area contributed by atoms with Crippen LogP contribution in [0, 0.1) is 35.0 Å². The molecule has 6 aliphatic rings. The number of carbonyl (C=O) groups excluding carboxylic acids is 1. The molecule has 5 fully saturated rings. The Bertz CT molecular complexity index is 1150. The number of rotatable bonds is 8. The zero-order valence-corrected chi connectivity index (χ0v) is 26.8. The number of allylic oxidation sites excluding steroid dienone is 1. The molecule has 16 atom stereocenters. The van der Waals surface area contributed by atoms with Crippen LogP contribution in [0.25, 0.3) is 0 Å². The van der Waals surface area contributed by atoms with Crippen LogP contribution in [0.3, 0.4) is 0 Å². The maximum absolute atomic E-state index is 12.2. The van der Waals surface area contributed by atoms with Gasteiger partial charge in [-0.15, -0.1) is 0 Å². The van der Waals surface area contributed by atoms with Gasteiger partial charge in [0.25, 0.3) is 0 Å². The number of hydrogen-bond acceptors (Lipinski definition) is 11. The van der Waals surface area contributed by atoms with Crippen molar-refractivity contribution >= 4 is 5.97 Å². The Morgan fingerprint density at radius 3 is 2.41 bits per heavy atom. The highest BCUT2D eigenvalue weighted by atomic mass is 16.7. The molecule has 1 spiro atoms. The summed E-state index contributed by atoms with van der Waals surface area (Å²) in [6.07, 6.45) is -1.70. The van der Waals surface area contributed by atoms with Crippen LogP contribution >= 0.6 is 0 Å². The number of ether oxygens (including phenoxy) is 4. The smallest absolute Gasteiger partial charge is 0.306 e. The van der Waals surface area contributed by atoms with Gasteiger partial charge >= 0.3 is 5.97 Å². The molecule has 0 radical (unpaired) electrons. The van der Waals surface area contributed by atoms with E-state index < -0.39 is 60.2 Å². The summed E-state index contributed by atoms with van der Waals surface area (Å²) in [6, 6.07) is 0. The molecule has 11 nitrogen and oxygen atoms in total. The third kappa shape index (κ3) is 4.92. The summed E-state index contributed by atoms with van der Waals surface area (Å²) in [5.41, 5.74) is -2.38.